The van der Waals surface area contributed by atoms with Gasteiger partial charge in [0.25, 0.3) is 0 Å². The number of esters is 1. The second-order valence-electron chi connectivity index (χ2n) is 3.70. The number of nitrogen functional groups attached to an aromatic ring is 1. The van der Waals surface area contributed by atoms with Gasteiger partial charge in [0.1, 0.15) is 11.3 Å². The largest absolute Gasteiger partial charge is 0.493 e. The van der Waals surface area contributed by atoms with Crippen LogP contribution < -0.4 is 10.5 Å². The molecular weight excluding hydrogens is 222 g/mol. The third-order valence-corrected chi connectivity index (χ3v) is 2.24. The quantitative estimate of drug-likeness (QED) is 0.596. The molecule has 0 spiro atoms. The summed E-state index contributed by atoms with van der Waals surface area (Å²) in [6, 6.07) is 4.94. The Kier molecular flexibility index (Phi) is 4.78. The molecule has 0 aliphatic heterocycles. The molecule has 5 nitrogen and oxygen atoms in total. The van der Waals surface area contributed by atoms with Gasteiger partial charge in [-0.3, -0.25) is 0 Å². The number of carbonyl (C=O) groups is 1. The molecule has 0 amide bonds. The molecule has 5 heteroatoms. The molecule has 1 atom stereocenters. The van der Waals surface area contributed by atoms with Crippen LogP contribution in [-0.2, 0) is 4.74 Å². The fourth-order valence-electron chi connectivity index (χ4n) is 1.33. The molecule has 17 heavy (non-hydrogen) atoms. The molecule has 0 aromatic heterocycles. The average molecular weight is 239 g/mol. The maximum atomic E-state index is 11.5. The van der Waals surface area contributed by atoms with Crippen molar-refractivity contribution in [3.63, 3.8) is 0 Å². The molecule has 0 heterocycles. The van der Waals surface area contributed by atoms with E-state index in [1.807, 2.05) is 0 Å². The Labute approximate surface area is 100 Å². The third-order valence-electron chi connectivity index (χ3n) is 2.24. The van der Waals surface area contributed by atoms with E-state index in [1.54, 1.807) is 25.1 Å². The highest BCUT2D eigenvalue weighted by Gasteiger charge is 2.16. The Hall–Kier alpha value is -1.75. The zero-order valence-corrected chi connectivity index (χ0v) is 9.97. The van der Waals surface area contributed by atoms with Gasteiger partial charge in [-0.15, -0.1) is 0 Å². The molecule has 1 aromatic carbocycles. The summed E-state index contributed by atoms with van der Waals surface area (Å²) in [6.45, 7) is 1.98. The van der Waals surface area contributed by atoms with Crippen LogP contribution >= 0.6 is 0 Å². The molecule has 3 N–H and O–H groups in total. The average Bonchev–Trinajstić information content (AvgIpc) is 2.28. The predicted molar refractivity (Wildman–Crippen MR) is 64.0 cm³/mol. The van der Waals surface area contributed by atoms with Gasteiger partial charge in [-0.25, -0.2) is 4.79 Å². The summed E-state index contributed by atoms with van der Waals surface area (Å²) in [5.74, 6) is -0.160. The monoisotopic (exact) mass is 239 g/mol. The van der Waals surface area contributed by atoms with Gasteiger partial charge < -0.3 is 20.3 Å². The molecule has 0 aliphatic rings. The zero-order chi connectivity index (χ0) is 12.8. The lowest BCUT2D eigenvalue weighted by Crippen LogP contribution is -2.12. The van der Waals surface area contributed by atoms with Crippen LogP contribution in [0, 0.1) is 0 Å². The topological polar surface area (TPSA) is 81.8 Å². The zero-order valence-electron chi connectivity index (χ0n) is 9.97. The lowest BCUT2D eigenvalue weighted by atomic mass is 10.1. The number of ether oxygens (including phenoxy) is 2. The first-order valence-electron chi connectivity index (χ1n) is 5.34. The van der Waals surface area contributed by atoms with E-state index in [0.29, 0.717) is 24.5 Å². The van der Waals surface area contributed by atoms with Crippen molar-refractivity contribution in [3.05, 3.63) is 23.8 Å². The molecular formula is C12H17NO4. The van der Waals surface area contributed by atoms with Crippen LogP contribution in [0.2, 0.25) is 0 Å². The van der Waals surface area contributed by atoms with E-state index >= 15 is 0 Å². The van der Waals surface area contributed by atoms with E-state index in [2.05, 4.69) is 4.74 Å². The second-order valence-corrected chi connectivity index (χ2v) is 3.70. The number of hydrogen-bond donors (Lipinski definition) is 2. The van der Waals surface area contributed by atoms with Crippen molar-refractivity contribution in [2.24, 2.45) is 0 Å². The molecule has 94 valence electrons. The first-order valence-corrected chi connectivity index (χ1v) is 5.34. The predicted octanol–water partition coefficient (Wildman–Crippen LogP) is 1.21. The smallest absolute Gasteiger partial charge is 0.343 e. The van der Waals surface area contributed by atoms with E-state index in [-0.39, 0.29) is 5.56 Å². The van der Waals surface area contributed by atoms with Crippen molar-refractivity contribution in [3.8, 4) is 5.75 Å². The molecule has 0 saturated heterocycles. The summed E-state index contributed by atoms with van der Waals surface area (Å²) < 4.78 is 10.0. The van der Waals surface area contributed by atoms with Gasteiger partial charge in [-0.1, -0.05) is 6.07 Å². The SMILES string of the molecule is COC(=O)c1c(N)cccc1OCCC(C)O. The molecule has 1 aromatic rings. The molecule has 1 unspecified atom stereocenters. The highest BCUT2D eigenvalue weighted by molar-refractivity contribution is 5.98. The van der Waals surface area contributed by atoms with Crippen LogP contribution in [0.5, 0.6) is 5.75 Å². The Morgan fingerprint density at radius 2 is 2.24 bits per heavy atom. The summed E-state index contributed by atoms with van der Waals surface area (Å²) in [5.41, 5.74) is 6.23. The summed E-state index contributed by atoms with van der Waals surface area (Å²) >= 11 is 0. The summed E-state index contributed by atoms with van der Waals surface area (Å²) in [7, 11) is 1.29. The van der Waals surface area contributed by atoms with Crippen LogP contribution in [0.25, 0.3) is 0 Å². The Bertz CT molecular complexity index is 390. The number of nitrogens with two attached hydrogens (primary N) is 1. The molecule has 0 aliphatic carbocycles. The van der Waals surface area contributed by atoms with Crippen molar-refractivity contribution < 1.29 is 19.4 Å². The van der Waals surface area contributed by atoms with E-state index < -0.39 is 12.1 Å². The Morgan fingerprint density at radius 3 is 2.82 bits per heavy atom. The summed E-state index contributed by atoms with van der Waals surface area (Å²) in [4.78, 5) is 11.5. The summed E-state index contributed by atoms with van der Waals surface area (Å²) in [6.07, 6.45) is 0.0349. The molecule has 1 rings (SSSR count). The first-order chi connectivity index (χ1) is 8.06. The maximum absolute atomic E-state index is 11.5. The highest BCUT2D eigenvalue weighted by atomic mass is 16.5. The van der Waals surface area contributed by atoms with Crippen LogP contribution in [0.4, 0.5) is 5.69 Å². The number of carbonyl (C=O) groups excluding carboxylic acids is 1. The number of methoxy groups -OCH3 is 1. The van der Waals surface area contributed by atoms with Crippen molar-refractivity contribution in [2.45, 2.75) is 19.4 Å². The normalized spacial score (nSPS) is 11.9. The first kappa shape index (κ1) is 13.3. The van der Waals surface area contributed by atoms with E-state index in [0.717, 1.165) is 0 Å². The van der Waals surface area contributed by atoms with Crippen LogP contribution in [-0.4, -0.2) is 30.9 Å². The van der Waals surface area contributed by atoms with Crippen LogP contribution in [0.3, 0.4) is 0 Å². The Balaban J connectivity index is 2.83. The van der Waals surface area contributed by atoms with E-state index in [9.17, 15) is 4.79 Å². The number of benzene rings is 1. The fraction of sp³-hybridized carbons (Fsp3) is 0.417. The minimum atomic E-state index is -0.532. The second kappa shape index (κ2) is 6.10. The number of aliphatic hydroxyl groups excluding tert-OH is 1. The summed E-state index contributed by atoms with van der Waals surface area (Å²) in [5, 5.41) is 9.11. The molecule has 0 radical (unpaired) electrons. The van der Waals surface area contributed by atoms with Gasteiger partial charge in [0.15, 0.2) is 0 Å². The van der Waals surface area contributed by atoms with Gasteiger partial charge in [0.2, 0.25) is 0 Å². The van der Waals surface area contributed by atoms with Gasteiger partial charge in [0.05, 0.1) is 19.8 Å². The molecule has 0 fully saturated rings. The van der Waals surface area contributed by atoms with Gasteiger partial charge in [-0.2, -0.15) is 0 Å². The minimum absolute atomic E-state index is 0.223. The van der Waals surface area contributed by atoms with Crippen molar-refractivity contribution in [1.82, 2.24) is 0 Å². The third kappa shape index (κ3) is 3.64. The van der Waals surface area contributed by atoms with E-state index in [1.165, 1.54) is 7.11 Å². The molecule has 0 bridgehead atoms. The number of anilines is 1. The number of aliphatic hydroxyl groups is 1. The standard InChI is InChI=1S/C12H17NO4/c1-8(14)6-7-17-10-5-3-4-9(13)11(10)12(15)16-2/h3-5,8,14H,6-7,13H2,1-2H3. The van der Waals surface area contributed by atoms with Crippen molar-refractivity contribution >= 4 is 11.7 Å². The maximum Gasteiger partial charge on any atom is 0.343 e. The lowest BCUT2D eigenvalue weighted by Gasteiger charge is -2.12. The van der Waals surface area contributed by atoms with Gasteiger partial charge >= 0.3 is 5.97 Å². The van der Waals surface area contributed by atoms with Crippen LogP contribution in [0.15, 0.2) is 18.2 Å². The fourth-order valence-corrected chi connectivity index (χ4v) is 1.33. The van der Waals surface area contributed by atoms with Gasteiger partial charge in [0, 0.05) is 12.1 Å². The molecule has 0 saturated carbocycles. The van der Waals surface area contributed by atoms with Crippen molar-refractivity contribution in [2.75, 3.05) is 19.5 Å². The lowest BCUT2D eigenvalue weighted by molar-refractivity contribution is 0.0596. The van der Waals surface area contributed by atoms with E-state index in [4.69, 9.17) is 15.6 Å². The van der Waals surface area contributed by atoms with Gasteiger partial charge in [-0.05, 0) is 19.1 Å². The minimum Gasteiger partial charge on any atom is -0.493 e. The Morgan fingerprint density at radius 1 is 1.53 bits per heavy atom. The van der Waals surface area contributed by atoms with Crippen molar-refractivity contribution in [1.29, 1.82) is 0 Å². The number of rotatable bonds is 5. The number of hydrogen-bond acceptors (Lipinski definition) is 5. The highest BCUT2D eigenvalue weighted by Crippen LogP contribution is 2.25. The van der Waals surface area contributed by atoms with Crippen LogP contribution in [0.1, 0.15) is 23.7 Å².